The van der Waals surface area contributed by atoms with E-state index in [9.17, 15) is 10.1 Å². The van der Waals surface area contributed by atoms with Crippen molar-refractivity contribution in [3.63, 3.8) is 0 Å². The van der Waals surface area contributed by atoms with Crippen LogP contribution in [0.15, 0.2) is 18.3 Å². The first kappa shape index (κ1) is 11.8. The number of aromatic nitrogens is 1. The maximum Gasteiger partial charge on any atom is 0.363 e. The normalized spacial score (nSPS) is 24.7. The maximum absolute atomic E-state index is 10.5. The molecule has 2 heterocycles. The van der Waals surface area contributed by atoms with Crippen LogP contribution in [0.4, 0.5) is 11.5 Å². The summed E-state index contributed by atoms with van der Waals surface area (Å²) < 4.78 is 5.44. The maximum atomic E-state index is 10.5. The number of nitro groups is 1. The second-order valence-corrected chi connectivity index (χ2v) is 4.27. The molecule has 0 amide bonds. The van der Waals surface area contributed by atoms with Gasteiger partial charge in [0.15, 0.2) is 6.20 Å². The van der Waals surface area contributed by atoms with Gasteiger partial charge in [0, 0.05) is 6.07 Å². The standard InChI is InChI=1S/C11H15N3O3/c1-8-6-17-7-9(2)13(8)10-3-4-11(12-5-10)14(15)16/h3-5,8-9H,6-7H2,1-2H3/t8-,9-/m1/s1. The van der Waals surface area contributed by atoms with Crippen molar-refractivity contribution < 1.29 is 9.66 Å². The zero-order chi connectivity index (χ0) is 12.4. The van der Waals surface area contributed by atoms with Crippen LogP contribution in [0.25, 0.3) is 0 Å². The summed E-state index contributed by atoms with van der Waals surface area (Å²) in [4.78, 5) is 16.1. The lowest BCUT2D eigenvalue weighted by molar-refractivity contribution is -0.389. The van der Waals surface area contributed by atoms with Gasteiger partial charge in [0.2, 0.25) is 0 Å². The Bertz CT molecular complexity index is 397. The summed E-state index contributed by atoms with van der Waals surface area (Å²) in [6.07, 6.45) is 1.55. The molecule has 2 atom stereocenters. The molecule has 0 radical (unpaired) electrons. The molecule has 17 heavy (non-hydrogen) atoms. The zero-order valence-corrected chi connectivity index (χ0v) is 9.87. The van der Waals surface area contributed by atoms with E-state index in [0.717, 1.165) is 5.69 Å². The van der Waals surface area contributed by atoms with E-state index in [2.05, 4.69) is 23.7 Å². The van der Waals surface area contributed by atoms with Crippen molar-refractivity contribution in [1.29, 1.82) is 0 Å². The number of hydrogen-bond donors (Lipinski definition) is 0. The monoisotopic (exact) mass is 237 g/mol. The number of pyridine rings is 1. The van der Waals surface area contributed by atoms with E-state index in [-0.39, 0.29) is 17.9 Å². The summed E-state index contributed by atoms with van der Waals surface area (Å²) in [7, 11) is 0. The predicted octanol–water partition coefficient (Wildman–Crippen LogP) is 1.60. The fraction of sp³-hybridized carbons (Fsp3) is 0.545. The molecular weight excluding hydrogens is 222 g/mol. The predicted molar refractivity (Wildman–Crippen MR) is 63.1 cm³/mol. The summed E-state index contributed by atoms with van der Waals surface area (Å²) in [6.45, 7) is 5.47. The number of ether oxygens (including phenoxy) is 1. The third-order valence-electron chi connectivity index (χ3n) is 2.89. The van der Waals surface area contributed by atoms with Gasteiger partial charge in [-0.1, -0.05) is 0 Å². The van der Waals surface area contributed by atoms with Crippen LogP contribution in [0.3, 0.4) is 0 Å². The molecule has 1 aliphatic rings. The summed E-state index contributed by atoms with van der Waals surface area (Å²) in [5.74, 6) is -0.123. The smallest absolute Gasteiger partial charge is 0.363 e. The molecule has 0 unspecified atom stereocenters. The minimum absolute atomic E-state index is 0.123. The van der Waals surface area contributed by atoms with Gasteiger partial charge in [-0.05, 0) is 29.8 Å². The molecular formula is C11H15N3O3. The summed E-state index contributed by atoms with van der Waals surface area (Å²) in [5, 5.41) is 10.5. The van der Waals surface area contributed by atoms with Gasteiger partial charge >= 0.3 is 5.82 Å². The van der Waals surface area contributed by atoms with Crippen LogP contribution in [-0.2, 0) is 4.74 Å². The van der Waals surface area contributed by atoms with E-state index in [1.165, 1.54) is 6.07 Å². The first-order valence-electron chi connectivity index (χ1n) is 5.56. The Morgan fingerprint density at radius 1 is 1.41 bits per heavy atom. The van der Waals surface area contributed by atoms with Crippen LogP contribution in [-0.4, -0.2) is 35.2 Å². The van der Waals surface area contributed by atoms with E-state index < -0.39 is 4.92 Å². The average Bonchev–Trinajstić information content (AvgIpc) is 2.29. The SMILES string of the molecule is C[C@@H]1COC[C@@H](C)N1c1ccc([N+](=O)[O-])nc1. The molecule has 2 rings (SSSR count). The van der Waals surface area contributed by atoms with E-state index >= 15 is 0 Å². The number of morpholine rings is 1. The highest BCUT2D eigenvalue weighted by atomic mass is 16.6. The Morgan fingerprint density at radius 3 is 2.53 bits per heavy atom. The van der Waals surface area contributed by atoms with E-state index in [0.29, 0.717) is 13.2 Å². The van der Waals surface area contributed by atoms with Crippen molar-refractivity contribution in [1.82, 2.24) is 4.98 Å². The molecule has 1 fully saturated rings. The van der Waals surface area contributed by atoms with Gasteiger partial charge in [-0.25, -0.2) is 0 Å². The molecule has 1 aliphatic heterocycles. The molecule has 0 spiro atoms. The Labute approximate surface area is 99.4 Å². The second-order valence-electron chi connectivity index (χ2n) is 4.27. The Hall–Kier alpha value is -1.69. The quantitative estimate of drug-likeness (QED) is 0.577. The van der Waals surface area contributed by atoms with Crippen molar-refractivity contribution in [3.8, 4) is 0 Å². The van der Waals surface area contributed by atoms with Crippen LogP contribution < -0.4 is 4.90 Å². The molecule has 1 saturated heterocycles. The summed E-state index contributed by atoms with van der Waals surface area (Å²) in [6, 6.07) is 3.68. The van der Waals surface area contributed by atoms with E-state index in [1.54, 1.807) is 12.3 Å². The molecule has 0 N–H and O–H groups in total. The van der Waals surface area contributed by atoms with Gasteiger partial charge in [-0.3, -0.25) is 0 Å². The minimum atomic E-state index is -0.490. The fourth-order valence-electron chi connectivity index (χ4n) is 2.15. The number of anilines is 1. The van der Waals surface area contributed by atoms with Gasteiger partial charge in [-0.15, -0.1) is 0 Å². The van der Waals surface area contributed by atoms with Gasteiger partial charge in [-0.2, -0.15) is 0 Å². The first-order chi connectivity index (χ1) is 8.09. The van der Waals surface area contributed by atoms with E-state index in [4.69, 9.17) is 4.74 Å². The third-order valence-corrected chi connectivity index (χ3v) is 2.89. The van der Waals surface area contributed by atoms with Crippen LogP contribution in [0.5, 0.6) is 0 Å². The summed E-state index contributed by atoms with van der Waals surface area (Å²) in [5.41, 5.74) is 0.902. The van der Waals surface area contributed by atoms with Crippen LogP contribution >= 0.6 is 0 Å². The molecule has 0 aliphatic carbocycles. The van der Waals surface area contributed by atoms with Crippen molar-refractivity contribution in [2.24, 2.45) is 0 Å². The Morgan fingerprint density at radius 2 is 2.06 bits per heavy atom. The van der Waals surface area contributed by atoms with Gasteiger partial charge < -0.3 is 19.8 Å². The van der Waals surface area contributed by atoms with Gasteiger partial charge in [0.25, 0.3) is 0 Å². The summed E-state index contributed by atoms with van der Waals surface area (Å²) >= 11 is 0. The largest absolute Gasteiger partial charge is 0.377 e. The zero-order valence-electron chi connectivity index (χ0n) is 9.87. The molecule has 92 valence electrons. The highest BCUT2D eigenvalue weighted by Crippen LogP contribution is 2.23. The lowest BCUT2D eigenvalue weighted by atomic mass is 10.1. The molecule has 1 aromatic heterocycles. The third kappa shape index (κ3) is 2.36. The molecule has 6 heteroatoms. The van der Waals surface area contributed by atoms with Gasteiger partial charge in [0.05, 0.1) is 31.0 Å². The van der Waals surface area contributed by atoms with Crippen molar-refractivity contribution in [2.75, 3.05) is 18.1 Å². The molecule has 0 saturated carbocycles. The van der Waals surface area contributed by atoms with Crippen molar-refractivity contribution in [2.45, 2.75) is 25.9 Å². The highest BCUT2D eigenvalue weighted by Gasteiger charge is 2.26. The van der Waals surface area contributed by atoms with E-state index in [1.807, 2.05) is 0 Å². The molecule has 0 bridgehead atoms. The topological polar surface area (TPSA) is 68.5 Å². The molecule has 1 aromatic rings. The van der Waals surface area contributed by atoms with Crippen LogP contribution in [0.1, 0.15) is 13.8 Å². The van der Waals surface area contributed by atoms with Crippen LogP contribution in [0.2, 0.25) is 0 Å². The second kappa shape index (κ2) is 4.67. The fourth-order valence-corrected chi connectivity index (χ4v) is 2.15. The number of rotatable bonds is 2. The average molecular weight is 237 g/mol. The van der Waals surface area contributed by atoms with Crippen LogP contribution in [0, 0.1) is 10.1 Å². The van der Waals surface area contributed by atoms with Crippen molar-refractivity contribution in [3.05, 3.63) is 28.4 Å². The number of nitrogens with zero attached hydrogens (tertiary/aromatic N) is 3. The lowest BCUT2D eigenvalue weighted by Crippen LogP contribution is -2.49. The lowest BCUT2D eigenvalue weighted by Gasteiger charge is -2.39. The number of hydrogen-bond acceptors (Lipinski definition) is 5. The van der Waals surface area contributed by atoms with Gasteiger partial charge in [0.1, 0.15) is 0 Å². The Kier molecular flexibility index (Phi) is 3.23. The highest BCUT2D eigenvalue weighted by molar-refractivity contribution is 5.48. The molecule has 6 nitrogen and oxygen atoms in total. The first-order valence-corrected chi connectivity index (χ1v) is 5.56. The Balaban J connectivity index is 2.23. The minimum Gasteiger partial charge on any atom is -0.377 e. The molecule has 0 aromatic carbocycles. The van der Waals surface area contributed by atoms with Crippen molar-refractivity contribution >= 4 is 11.5 Å².